The van der Waals surface area contributed by atoms with E-state index < -0.39 is 0 Å². The fraction of sp³-hybridized carbons (Fsp3) is 0.611. The van der Waals surface area contributed by atoms with Crippen LogP contribution in [0.15, 0.2) is 12.1 Å². The molecule has 2 rings (SSSR count). The third kappa shape index (κ3) is 4.54. The Labute approximate surface area is 144 Å². The van der Waals surface area contributed by atoms with E-state index in [9.17, 15) is 4.79 Å². The van der Waals surface area contributed by atoms with Gasteiger partial charge in [-0.2, -0.15) is 0 Å². The molecule has 1 amide bonds. The number of methoxy groups -OCH3 is 3. The Kier molecular flexibility index (Phi) is 6.73. The minimum absolute atomic E-state index is 0.0394. The van der Waals surface area contributed by atoms with Crippen LogP contribution in [-0.4, -0.2) is 51.3 Å². The molecule has 1 saturated heterocycles. The second-order valence-corrected chi connectivity index (χ2v) is 6.13. The third-order valence-electron chi connectivity index (χ3n) is 4.50. The quantitative estimate of drug-likeness (QED) is 0.827. The van der Waals surface area contributed by atoms with Crippen molar-refractivity contribution in [3.05, 3.63) is 17.7 Å². The Hall–Kier alpha value is -1.95. The molecule has 0 spiro atoms. The predicted octanol–water partition coefficient (Wildman–Crippen LogP) is 2.20. The van der Waals surface area contributed by atoms with Crippen LogP contribution >= 0.6 is 0 Å². The van der Waals surface area contributed by atoms with Gasteiger partial charge in [0.2, 0.25) is 11.7 Å². The number of hydrogen-bond acceptors (Lipinski definition) is 5. The van der Waals surface area contributed by atoms with Crippen molar-refractivity contribution in [2.45, 2.75) is 38.8 Å². The normalized spacial score (nSPS) is 18.1. The summed E-state index contributed by atoms with van der Waals surface area (Å²) in [5.74, 6) is 1.77. The lowest BCUT2D eigenvalue weighted by Gasteiger charge is -2.32. The number of amides is 1. The predicted molar refractivity (Wildman–Crippen MR) is 92.8 cm³/mol. The highest BCUT2D eigenvalue weighted by molar-refractivity contribution is 5.78. The number of carbonyl (C=O) groups excluding carboxylic acids is 1. The topological polar surface area (TPSA) is 60.0 Å². The van der Waals surface area contributed by atoms with Crippen LogP contribution in [0.5, 0.6) is 17.2 Å². The SMILES string of the molecule is COc1cc(CNC(=O)CN2CCCC[C@H]2C)cc(OC)c1OC. The van der Waals surface area contributed by atoms with E-state index in [0.29, 0.717) is 36.4 Å². The lowest BCUT2D eigenvalue weighted by atomic mass is 10.0. The first-order valence-electron chi connectivity index (χ1n) is 8.38. The van der Waals surface area contributed by atoms with Gasteiger partial charge in [0, 0.05) is 12.6 Å². The molecule has 0 aromatic heterocycles. The van der Waals surface area contributed by atoms with Gasteiger partial charge in [0.15, 0.2) is 11.5 Å². The zero-order chi connectivity index (χ0) is 17.5. The molecule has 134 valence electrons. The Balaban J connectivity index is 1.97. The minimum Gasteiger partial charge on any atom is -0.493 e. The van der Waals surface area contributed by atoms with E-state index in [2.05, 4.69) is 17.1 Å². The minimum atomic E-state index is 0.0394. The maximum Gasteiger partial charge on any atom is 0.234 e. The standard InChI is InChI=1S/C18H28N2O4/c1-13-7-5-6-8-20(13)12-17(21)19-11-14-9-15(22-2)18(24-4)16(10-14)23-3/h9-10,13H,5-8,11-12H2,1-4H3,(H,19,21)/t13-/m1/s1. The number of carbonyl (C=O) groups is 1. The fourth-order valence-electron chi connectivity index (χ4n) is 3.07. The van der Waals surface area contributed by atoms with E-state index in [1.54, 1.807) is 21.3 Å². The molecular weight excluding hydrogens is 308 g/mol. The summed E-state index contributed by atoms with van der Waals surface area (Å²) in [6.45, 7) is 4.06. The van der Waals surface area contributed by atoms with Crippen LogP contribution in [0, 0.1) is 0 Å². The summed E-state index contributed by atoms with van der Waals surface area (Å²) in [6.07, 6.45) is 3.59. The Bertz CT molecular complexity index is 537. The fourth-order valence-corrected chi connectivity index (χ4v) is 3.07. The van der Waals surface area contributed by atoms with Crippen LogP contribution in [-0.2, 0) is 11.3 Å². The molecular formula is C18H28N2O4. The number of nitrogens with one attached hydrogen (secondary N) is 1. The van der Waals surface area contributed by atoms with Crippen molar-refractivity contribution in [3.8, 4) is 17.2 Å². The summed E-state index contributed by atoms with van der Waals surface area (Å²) < 4.78 is 16.0. The van der Waals surface area contributed by atoms with Crippen molar-refractivity contribution in [1.29, 1.82) is 0 Å². The summed E-state index contributed by atoms with van der Waals surface area (Å²) in [6, 6.07) is 4.18. The molecule has 0 radical (unpaired) electrons. The average molecular weight is 336 g/mol. The summed E-state index contributed by atoms with van der Waals surface area (Å²) in [5.41, 5.74) is 0.907. The van der Waals surface area contributed by atoms with E-state index in [-0.39, 0.29) is 5.91 Å². The van der Waals surface area contributed by atoms with Crippen molar-refractivity contribution in [1.82, 2.24) is 10.2 Å². The van der Waals surface area contributed by atoms with Crippen LogP contribution in [0.3, 0.4) is 0 Å². The first-order valence-corrected chi connectivity index (χ1v) is 8.38. The Morgan fingerprint density at radius 3 is 2.38 bits per heavy atom. The second kappa shape index (κ2) is 8.78. The molecule has 1 N–H and O–H groups in total. The molecule has 6 nitrogen and oxygen atoms in total. The van der Waals surface area contributed by atoms with Crippen molar-refractivity contribution < 1.29 is 19.0 Å². The monoisotopic (exact) mass is 336 g/mol. The summed E-state index contributed by atoms with van der Waals surface area (Å²) in [4.78, 5) is 14.5. The smallest absolute Gasteiger partial charge is 0.234 e. The van der Waals surface area contributed by atoms with E-state index >= 15 is 0 Å². The van der Waals surface area contributed by atoms with Crippen molar-refractivity contribution in [2.24, 2.45) is 0 Å². The lowest BCUT2D eigenvalue weighted by Crippen LogP contribution is -2.44. The first-order chi connectivity index (χ1) is 11.6. The van der Waals surface area contributed by atoms with Crippen LogP contribution < -0.4 is 19.5 Å². The van der Waals surface area contributed by atoms with Crippen LogP contribution in [0.25, 0.3) is 0 Å². The van der Waals surface area contributed by atoms with Crippen LogP contribution in [0.4, 0.5) is 0 Å². The van der Waals surface area contributed by atoms with Gasteiger partial charge in [-0.15, -0.1) is 0 Å². The number of piperidine rings is 1. The lowest BCUT2D eigenvalue weighted by molar-refractivity contribution is -0.123. The average Bonchev–Trinajstić information content (AvgIpc) is 2.60. The number of rotatable bonds is 7. The van der Waals surface area contributed by atoms with Crippen LogP contribution in [0.1, 0.15) is 31.7 Å². The van der Waals surface area contributed by atoms with Gasteiger partial charge in [0.1, 0.15) is 0 Å². The molecule has 0 unspecified atom stereocenters. The zero-order valence-corrected chi connectivity index (χ0v) is 15.1. The molecule has 6 heteroatoms. The van der Waals surface area contributed by atoms with Crippen molar-refractivity contribution in [3.63, 3.8) is 0 Å². The van der Waals surface area contributed by atoms with Gasteiger partial charge in [0.05, 0.1) is 27.9 Å². The Morgan fingerprint density at radius 1 is 1.17 bits per heavy atom. The highest BCUT2D eigenvalue weighted by atomic mass is 16.5. The summed E-state index contributed by atoms with van der Waals surface area (Å²) in [5, 5.41) is 2.97. The molecule has 1 aliphatic rings. The molecule has 1 aromatic carbocycles. The molecule has 1 aromatic rings. The molecule has 1 atom stereocenters. The number of ether oxygens (including phenoxy) is 3. The van der Waals surface area contributed by atoms with Gasteiger partial charge in [-0.05, 0) is 44.0 Å². The van der Waals surface area contributed by atoms with Crippen LogP contribution in [0.2, 0.25) is 0 Å². The van der Waals surface area contributed by atoms with Gasteiger partial charge in [-0.3, -0.25) is 9.69 Å². The van der Waals surface area contributed by atoms with E-state index in [1.807, 2.05) is 12.1 Å². The highest BCUT2D eigenvalue weighted by Crippen LogP contribution is 2.38. The molecule has 0 aliphatic carbocycles. The van der Waals surface area contributed by atoms with Crippen molar-refractivity contribution >= 4 is 5.91 Å². The molecule has 24 heavy (non-hydrogen) atoms. The molecule has 0 saturated carbocycles. The molecule has 0 bridgehead atoms. The second-order valence-electron chi connectivity index (χ2n) is 6.13. The summed E-state index contributed by atoms with van der Waals surface area (Å²) >= 11 is 0. The van der Waals surface area contributed by atoms with Gasteiger partial charge in [0.25, 0.3) is 0 Å². The maximum absolute atomic E-state index is 12.2. The van der Waals surface area contributed by atoms with E-state index in [1.165, 1.54) is 19.3 Å². The van der Waals surface area contributed by atoms with Gasteiger partial charge < -0.3 is 19.5 Å². The molecule has 1 fully saturated rings. The largest absolute Gasteiger partial charge is 0.493 e. The van der Waals surface area contributed by atoms with Crippen molar-refractivity contribution in [2.75, 3.05) is 34.4 Å². The van der Waals surface area contributed by atoms with Gasteiger partial charge in [-0.25, -0.2) is 0 Å². The maximum atomic E-state index is 12.2. The number of hydrogen-bond donors (Lipinski definition) is 1. The number of likely N-dealkylation sites (tertiary alicyclic amines) is 1. The van der Waals surface area contributed by atoms with Gasteiger partial charge in [-0.1, -0.05) is 6.42 Å². The third-order valence-corrected chi connectivity index (χ3v) is 4.50. The number of benzene rings is 1. The summed E-state index contributed by atoms with van der Waals surface area (Å²) in [7, 11) is 4.73. The highest BCUT2D eigenvalue weighted by Gasteiger charge is 2.20. The number of nitrogens with zero attached hydrogens (tertiary/aromatic N) is 1. The van der Waals surface area contributed by atoms with Gasteiger partial charge >= 0.3 is 0 Å². The molecule has 1 heterocycles. The zero-order valence-electron chi connectivity index (χ0n) is 15.1. The Morgan fingerprint density at radius 2 is 1.83 bits per heavy atom. The molecule has 1 aliphatic heterocycles. The first kappa shape index (κ1) is 18.4. The van der Waals surface area contributed by atoms with E-state index in [4.69, 9.17) is 14.2 Å². The van der Waals surface area contributed by atoms with E-state index in [0.717, 1.165) is 12.1 Å².